The van der Waals surface area contributed by atoms with Gasteiger partial charge in [0.05, 0.1) is 0 Å². The van der Waals surface area contributed by atoms with Crippen LogP contribution in [0.25, 0.3) is 0 Å². The highest BCUT2D eigenvalue weighted by molar-refractivity contribution is 5.23. The minimum absolute atomic E-state index is 0.637. The first-order chi connectivity index (χ1) is 5.86. The predicted octanol–water partition coefficient (Wildman–Crippen LogP) is 2.30. The molecule has 1 rings (SSSR count). The van der Waals surface area contributed by atoms with Gasteiger partial charge >= 0.3 is 0 Å². The Balaban J connectivity index is 2.60. The van der Waals surface area contributed by atoms with Gasteiger partial charge in [-0.1, -0.05) is 37.6 Å². The molecule has 1 radical (unpaired) electrons. The Morgan fingerprint density at radius 2 is 2.00 bits per heavy atom. The normalized spacial score (nSPS) is 10.2. The molecule has 0 saturated heterocycles. The summed E-state index contributed by atoms with van der Waals surface area (Å²) in [6, 6.07) is 8.46. The highest BCUT2D eigenvalue weighted by atomic mass is 14.5. The standard InChI is InChI=1S/C11H16N/c1-2-3-5-10-6-4-7-11(8-10)9-12/h4,6-8H,1-3,5,9,12H2. The van der Waals surface area contributed by atoms with Gasteiger partial charge in [0, 0.05) is 6.54 Å². The van der Waals surface area contributed by atoms with Crippen molar-refractivity contribution in [2.45, 2.75) is 25.8 Å². The van der Waals surface area contributed by atoms with E-state index < -0.39 is 0 Å². The van der Waals surface area contributed by atoms with Crippen LogP contribution in [0.4, 0.5) is 0 Å². The third kappa shape index (κ3) is 2.67. The molecule has 1 heteroatoms. The van der Waals surface area contributed by atoms with Gasteiger partial charge < -0.3 is 5.73 Å². The second kappa shape index (κ2) is 4.94. The third-order valence-corrected chi connectivity index (χ3v) is 1.94. The molecule has 0 fully saturated rings. The van der Waals surface area contributed by atoms with E-state index in [1.165, 1.54) is 11.1 Å². The summed E-state index contributed by atoms with van der Waals surface area (Å²) in [5.41, 5.74) is 8.13. The number of benzene rings is 1. The molecule has 0 aromatic heterocycles. The maximum atomic E-state index is 5.54. The second-order valence-corrected chi connectivity index (χ2v) is 2.98. The molecule has 0 atom stereocenters. The van der Waals surface area contributed by atoms with E-state index in [-0.39, 0.29) is 0 Å². The molecule has 0 unspecified atom stereocenters. The minimum atomic E-state index is 0.637. The monoisotopic (exact) mass is 162 g/mol. The van der Waals surface area contributed by atoms with Gasteiger partial charge in [0.15, 0.2) is 0 Å². The van der Waals surface area contributed by atoms with Crippen molar-refractivity contribution in [1.82, 2.24) is 0 Å². The van der Waals surface area contributed by atoms with E-state index in [4.69, 9.17) is 5.73 Å². The maximum absolute atomic E-state index is 5.54. The van der Waals surface area contributed by atoms with Crippen molar-refractivity contribution in [2.24, 2.45) is 5.73 Å². The van der Waals surface area contributed by atoms with Crippen LogP contribution in [0.2, 0.25) is 0 Å². The van der Waals surface area contributed by atoms with Gasteiger partial charge in [0.1, 0.15) is 0 Å². The lowest BCUT2D eigenvalue weighted by atomic mass is 10.1. The summed E-state index contributed by atoms with van der Waals surface area (Å²) in [4.78, 5) is 0. The van der Waals surface area contributed by atoms with Gasteiger partial charge in [-0.25, -0.2) is 0 Å². The van der Waals surface area contributed by atoms with E-state index in [0.717, 1.165) is 19.3 Å². The fourth-order valence-corrected chi connectivity index (χ4v) is 1.24. The number of nitrogens with two attached hydrogens (primary N) is 1. The van der Waals surface area contributed by atoms with E-state index in [0.29, 0.717) is 6.54 Å². The van der Waals surface area contributed by atoms with Crippen molar-refractivity contribution in [3.05, 3.63) is 42.3 Å². The van der Waals surface area contributed by atoms with Gasteiger partial charge in [-0.3, -0.25) is 0 Å². The quantitative estimate of drug-likeness (QED) is 0.722. The van der Waals surface area contributed by atoms with Crippen molar-refractivity contribution in [3.8, 4) is 0 Å². The maximum Gasteiger partial charge on any atom is 0.0178 e. The van der Waals surface area contributed by atoms with Gasteiger partial charge in [0.2, 0.25) is 0 Å². The topological polar surface area (TPSA) is 26.0 Å². The number of rotatable bonds is 4. The van der Waals surface area contributed by atoms with Crippen LogP contribution in [-0.2, 0) is 13.0 Å². The van der Waals surface area contributed by atoms with Crippen molar-refractivity contribution in [3.63, 3.8) is 0 Å². The largest absolute Gasteiger partial charge is 0.326 e. The zero-order chi connectivity index (χ0) is 8.81. The molecule has 0 saturated carbocycles. The van der Waals surface area contributed by atoms with E-state index >= 15 is 0 Å². The highest BCUT2D eigenvalue weighted by Crippen LogP contribution is 2.07. The average Bonchev–Trinajstić information content (AvgIpc) is 2.15. The molecule has 65 valence electrons. The van der Waals surface area contributed by atoms with Crippen LogP contribution in [-0.4, -0.2) is 0 Å². The first-order valence-electron chi connectivity index (χ1n) is 4.44. The van der Waals surface area contributed by atoms with Crippen LogP contribution in [0.5, 0.6) is 0 Å². The van der Waals surface area contributed by atoms with Crippen molar-refractivity contribution < 1.29 is 0 Å². The van der Waals surface area contributed by atoms with Crippen molar-refractivity contribution in [2.75, 3.05) is 0 Å². The summed E-state index contributed by atoms with van der Waals surface area (Å²) in [7, 11) is 0. The smallest absolute Gasteiger partial charge is 0.0178 e. The first-order valence-corrected chi connectivity index (χ1v) is 4.44. The summed E-state index contributed by atoms with van der Waals surface area (Å²) in [6.07, 6.45) is 3.29. The molecule has 2 N–H and O–H groups in total. The van der Waals surface area contributed by atoms with Crippen LogP contribution >= 0.6 is 0 Å². The predicted molar refractivity (Wildman–Crippen MR) is 52.6 cm³/mol. The molecule has 0 bridgehead atoms. The SMILES string of the molecule is [CH2]CCCc1cccc(CN)c1. The zero-order valence-corrected chi connectivity index (χ0v) is 7.42. The van der Waals surface area contributed by atoms with E-state index in [1.54, 1.807) is 0 Å². The lowest BCUT2D eigenvalue weighted by molar-refractivity contribution is 0.838. The lowest BCUT2D eigenvalue weighted by Crippen LogP contribution is -1.96. The summed E-state index contributed by atoms with van der Waals surface area (Å²) in [6.45, 7) is 4.46. The van der Waals surface area contributed by atoms with E-state index in [1.807, 2.05) is 0 Å². The Bertz CT molecular complexity index is 230. The Hall–Kier alpha value is -0.820. The van der Waals surface area contributed by atoms with Crippen LogP contribution in [0, 0.1) is 6.92 Å². The molecule has 1 aromatic rings. The first kappa shape index (κ1) is 9.27. The van der Waals surface area contributed by atoms with Gasteiger partial charge in [0.25, 0.3) is 0 Å². The van der Waals surface area contributed by atoms with Gasteiger partial charge in [-0.15, -0.1) is 0 Å². The lowest BCUT2D eigenvalue weighted by Gasteiger charge is -2.01. The Kier molecular flexibility index (Phi) is 3.81. The molecule has 0 aliphatic heterocycles. The highest BCUT2D eigenvalue weighted by Gasteiger charge is 1.93. The summed E-state index contributed by atoms with van der Waals surface area (Å²) in [5, 5.41) is 0. The number of unbranched alkanes of at least 4 members (excludes halogenated alkanes) is 1. The van der Waals surface area contributed by atoms with Crippen LogP contribution < -0.4 is 5.73 Å². The zero-order valence-electron chi connectivity index (χ0n) is 7.42. The molecule has 0 spiro atoms. The molecule has 12 heavy (non-hydrogen) atoms. The summed E-state index contributed by atoms with van der Waals surface area (Å²) >= 11 is 0. The molecular formula is C11H16N. The molecule has 0 amide bonds. The number of hydrogen-bond donors (Lipinski definition) is 1. The molecule has 1 aromatic carbocycles. The van der Waals surface area contributed by atoms with Crippen LogP contribution in [0.3, 0.4) is 0 Å². The fraction of sp³-hybridized carbons (Fsp3) is 0.364. The van der Waals surface area contributed by atoms with Gasteiger partial charge in [-0.2, -0.15) is 0 Å². The van der Waals surface area contributed by atoms with E-state index in [9.17, 15) is 0 Å². The molecule has 1 nitrogen and oxygen atoms in total. The van der Waals surface area contributed by atoms with E-state index in [2.05, 4.69) is 31.2 Å². The Morgan fingerprint density at radius 3 is 2.67 bits per heavy atom. The molecular weight excluding hydrogens is 146 g/mol. The minimum Gasteiger partial charge on any atom is -0.326 e. The second-order valence-electron chi connectivity index (χ2n) is 2.98. The Morgan fingerprint density at radius 1 is 1.25 bits per heavy atom. The number of aryl methyl sites for hydroxylation is 1. The summed E-state index contributed by atoms with van der Waals surface area (Å²) in [5.74, 6) is 0. The van der Waals surface area contributed by atoms with Crippen molar-refractivity contribution >= 4 is 0 Å². The third-order valence-electron chi connectivity index (χ3n) is 1.94. The molecule has 0 aliphatic rings. The average molecular weight is 162 g/mol. The molecule has 0 heterocycles. The number of hydrogen-bond acceptors (Lipinski definition) is 1. The molecule has 0 aliphatic carbocycles. The van der Waals surface area contributed by atoms with Crippen molar-refractivity contribution in [1.29, 1.82) is 0 Å². The van der Waals surface area contributed by atoms with Gasteiger partial charge in [-0.05, 0) is 24.0 Å². The van der Waals surface area contributed by atoms with Crippen LogP contribution in [0.15, 0.2) is 24.3 Å². The van der Waals surface area contributed by atoms with Crippen LogP contribution in [0.1, 0.15) is 24.0 Å². The Labute approximate surface area is 74.6 Å². The summed E-state index contributed by atoms with van der Waals surface area (Å²) < 4.78 is 0. The fourth-order valence-electron chi connectivity index (χ4n) is 1.24.